The summed E-state index contributed by atoms with van der Waals surface area (Å²) in [6, 6.07) is 2.86. The predicted octanol–water partition coefficient (Wildman–Crippen LogP) is 1.79. The lowest BCUT2D eigenvalue weighted by atomic mass is 10.1. The zero-order chi connectivity index (χ0) is 9.97. The highest BCUT2D eigenvalue weighted by molar-refractivity contribution is 7.07. The number of rotatable bonds is 3. The van der Waals surface area contributed by atoms with Crippen LogP contribution in [0.1, 0.15) is 12.5 Å². The molecular weight excluding hydrogens is 192 g/mol. The Kier molecular flexibility index (Phi) is 3.21. The van der Waals surface area contributed by atoms with E-state index in [1.54, 1.807) is 11.3 Å². The van der Waals surface area contributed by atoms with E-state index in [-0.39, 0.29) is 0 Å². The molecule has 2 unspecified atom stereocenters. The van der Waals surface area contributed by atoms with Crippen LogP contribution in [0.25, 0.3) is 0 Å². The molecule has 0 aliphatic carbocycles. The number of thiophene rings is 1. The Hall–Kier alpha value is -0.380. The molecule has 1 aliphatic rings. The predicted molar refractivity (Wildman–Crippen MR) is 61.6 cm³/mol. The maximum Gasteiger partial charge on any atom is 0.0235 e. The first kappa shape index (κ1) is 10.1. The number of likely N-dealkylation sites (tertiary alicyclic amines) is 1. The minimum Gasteiger partial charge on any atom is -0.308 e. The molecule has 2 nitrogen and oxygen atoms in total. The van der Waals surface area contributed by atoms with Crippen LogP contribution in [0.5, 0.6) is 0 Å². The fraction of sp³-hybridized carbons (Fsp3) is 0.636. The van der Waals surface area contributed by atoms with Crippen molar-refractivity contribution in [2.75, 3.05) is 20.1 Å². The fourth-order valence-corrected chi connectivity index (χ4v) is 2.79. The molecule has 0 radical (unpaired) electrons. The third-order valence-corrected chi connectivity index (χ3v) is 3.68. The van der Waals surface area contributed by atoms with Crippen LogP contribution in [0.15, 0.2) is 16.8 Å². The molecule has 78 valence electrons. The van der Waals surface area contributed by atoms with Crippen LogP contribution in [0.2, 0.25) is 0 Å². The SMILES string of the molecule is CC1CN(C)CC1NCc1ccsc1. The summed E-state index contributed by atoms with van der Waals surface area (Å²) in [5.41, 5.74) is 1.41. The van der Waals surface area contributed by atoms with Crippen LogP contribution in [0.3, 0.4) is 0 Å². The Morgan fingerprint density at radius 3 is 3.00 bits per heavy atom. The minimum absolute atomic E-state index is 0.667. The molecule has 1 aromatic heterocycles. The maximum atomic E-state index is 3.63. The third-order valence-electron chi connectivity index (χ3n) is 2.94. The molecule has 1 N–H and O–H groups in total. The summed E-state index contributed by atoms with van der Waals surface area (Å²) in [7, 11) is 2.20. The largest absolute Gasteiger partial charge is 0.308 e. The molecule has 3 heteroatoms. The minimum atomic E-state index is 0.667. The van der Waals surface area contributed by atoms with E-state index in [9.17, 15) is 0 Å². The molecular formula is C11H18N2S. The van der Waals surface area contributed by atoms with Crippen molar-refractivity contribution < 1.29 is 0 Å². The first-order valence-corrected chi connectivity index (χ1v) is 6.13. The third kappa shape index (κ3) is 2.35. The van der Waals surface area contributed by atoms with Gasteiger partial charge < -0.3 is 10.2 Å². The first-order valence-electron chi connectivity index (χ1n) is 5.18. The van der Waals surface area contributed by atoms with Gasteiger partial charge in [-0.3, -0.25) is 0 Å². The smallest absolute Gasteiger partial charge is 0.0235 e. The highest BCUT2D eigenvalue weighted by Crippen LogP contribution is 2.15. The number of nitrogens with one attached hydrogen (secondary N) is 1. The van der Waals surface area contributed by atoms with Gasteiger partial charge in [-0.05, 0) is 35.4 Å². The van der Waals surface area contributed by atoms with Crippen LogP contribution in [-0.4, -0.2) is 31.1 Å². The number of likely N-dealkylation sites (N-methyl/N-ethyl adjacent to an activating group) is 1. The molecule has 2 heterocycles. The van der Waals surface area contributed by atoms with Gasteiger partial charge >= 0.3 is 0 Å². The fourth-order valence-electron chi connectivity index (χ4n) is 2.12. The summed E-state index contributed by atoms with van der Waals surface area (Å²) in [6.07, 6.45) is 0. The van der Waals surface area contributed by atoms with Gasteiger partial charge in [0.1, 0.15) is 0 Å². The van der Waals surface area contributed by atoms with Gasteiger partial charge in [0.05, 0.1) is 0 Å². The summed E-state index contributed by atoms with van der Waals surface area (Å²) >= 11 is 1.77. The van der Waals surface area contributed by atoms with Gasteiger partial charge in [0.2, 0.25) is 0 Å². The molecule has 1 fully saturated rings. The lowest BCUT2D eigenvalue weighted by Crippen LogP contribution is -2.34. The summed E-state index contributed by atoms with van der Waals surface area (Å²) in [5, 5.41) is 7.99. The molecule has 0 saturated carbocycles. The number of nitrogens with zero attached hydrogens (tertiary/aromatic N) is 1. The summed E-state index contributed by atoms with van der Waals surface area (Å²) in [4.78, 5) is 2.40. The Morgan fingerprint density at radius 1 is 1.57 bits per heavy atom. The van der Waals surface area contributed by atoms with E-state index >= 15 is 0 Å². The summed E-state index contributed by atoms with van der Waals surface area (Å²) in [6.45, 7) is 5.76. The van der Waals surface area contributed by atoms with Gasteiger partial charge in [0, 0.05) is 25.7 Å². The number of hydrogen-bond acceptors (Lipinski definition) is 3. The van der Waals surface area contributed by atoms with E-state index in [1.165, 1.54) is 18.7 Å². The van der Waals surface area contributed by atoms with Crippen molar-refractivity contribution in [1.29, 1.82) is 0 Å². The molecule has 2 rings (SSSR count). The van der Waals surface area contributed by atoms with E-state index in [0.717, 1.165) is 12.5 Å². The van der Waals surface area contributed by atoms with Crippen LogP contribution in [-0.2, 0) is 6.54 Å². The maximum absolute atomic E-state index is 3.63. The van der Waals surface area contributed by atoms with E-state index in [2.05, 4.69) is 41.0 Å². The van der Waals surface area contributed by atoms with Crippen molar-refractivity contribution in [1.82, 2.24) is 10.2 Å². The van der Waals surface area contributed by atoms with Crippen molar-refractivity contribution in [3.05, 3.63) is 22.4 Å². The highest BCUT2D eigenvalue weighted by atomic mass is 32.1. The van der Waals surface area contributed by atoms with Gasteiger partial charge in [-0.2, -0.15) is 11.3 Å². The van der Waals surface area contributed by atoms with Crippen molar-refractivity contribution in [2.24, 2.45) is 5.92 Å². The van der Waals surface area contributed by atoms with Crippen LogP contribution >= 0.6 is 11.3 Å². The van der Waals surface area contributed by atoms with E-state index in [1.807, 2.05) is 0 Å². The van der Waals surface area contributed by atoms with Crippen LogP contribution in [0.4, 0.5) is 0 Å². The van der Waals surface area contributed by atoms with Crippen molar-refractivity contribution >= 4 is 11.3 Å². The first-order chi connectivity index (χ1) is 6.75. The van der Waals surface area contributed by atoms with Gasteiger partial charge in [0.25, 0.3) is 0 Å². The second kappa shape index (κ2) is 4.43. The molecule has 1 saturated heterocycles. The Morgan fingerprint density at radius 2 is 2.43 bits per heavy atom. The van der Waals surface area contributed by atoms with E-state index < -0.39 is 0 Å². The summed E-state index contributed by atoms with van der Waals surface area (Å²) in [5.74, 6) is 0.777. The molecule has 14 heavy (non-hydrogen) atoms. The lowest BCUT2D eigenvalue weighted by Gasteiger charge is -2.15. The van der Waals surface area contributed by atoms with Crippen molar-refractivity contribution in [2.45, 2.75) is 19.5 Å². The Bertz CT molecular complexity index is 271. The number of hydrogen-bond donors (Lipinski definition) is 1. The molecule has 0 spiro atoms. The average Bonchev–Trinajstić information content (AvgIpc) is 2.72. The molecule has 0 aromatic carbocycles. The van der Waals surface area contributed by atoms with Gasteiger partial charge in [-0.1, -0.05) is 6.92 Å². The molecule has 0 bridgehead atoms. The van der Waals surface area contributed by atoms with E-state index in [4.69, 9.17) is 0 Å². The normalized spacial score (nSPS) is 28.4. The highest BCUT2D eigenvalue weighted by Gasteiger charge is 2.26. The van der Waals surface area contributed by atoms with Crippen molar-refractivity contribution in [3.8, 4) is 0 Å². The topological polar surface area (TPSA) is 15.3 Å². The quantitative estimate of drug-likeness (QED) is 0.818. The van der Waals surface area contributed by atoms with Crippen LogP contribution < -0.4 is 5.32 Å². The average molecular weight is 210 g/mol. The molecule has 1 aromatic rings. The standard InChI is InChI=1S/C11H18N2S/c1-9-6-13(2)7-11(9)12-5-10-3-4-14-8-10/h3-4,8-9,11-12H,5-7H2,1-2H3. The lowest BCUT2D eigenvalue weighted by molar-refractivity contribution is 0.396. The van der Waals surface area contributed by atoms with E-state index in [0.29, 0.717) is 6.04 Å². The second-order valence-corrected chi connectivity index (χ2v) is 5.10. The Labute approximate surface area is 89.9 Å². The van der Waals surface area contributed by atoms with Crippen LogP contribution in [0, 0.1) is 5.92 Å². The van der Waals surface area contributed by atoms with Gasteiger partial charge in [0.15, 0.2) is 0 Å². The molecule has 0 amide bonds. The van der Waals surface area contributed by atoms with Gasteiger partial charge in [-0.15, -0.1) is 0 Å². The zero-order valence-corrected chi connectivity index (χ0v) is 9.68. The van der Waals surface area contributed by atoms with Gasteiger partial charge in [-0.25, -0.2) is 0 Å². The molecule has 1 aliphatic heterocycles. The monoisotopic (exact) mass is 210 g/mol. The summed E-state index contributed by atoms with van der Waals surface area (Å²) < 4.78 is 0. The zero-order valence-electron chi connectivity index (χ0n) is 8.86. The second-order valence-electron chi connectivity index (χ2n) is 4.32. The van der Waals surface area contributed by atoms with Crippen molar-refractivity contribution in [3.63, 3.8) is 0 Å². The molecule has 2 atom stereocenters. The Balaban J connectivity index is 1.81.